The predicted octanol–water partition coefficient (Wildman–Crippen LogP) is 3.12. The highest BCUT2D eigenvalue weighted by molar-refractivity contribution is 6.17. The smallest absolute Gasteiger partial charge is 0.337 e. The summed E-state index contributed by atoms with van der Waals surface area (Å²) in [7, 11) is 0. The minimum atomic E-state index is -0.898. The van der Waals surface area contributed by atoms with E-state index in [0.29, 0.717) is 5.56 Å². The maximum atomic E-state index is 11.1. The Kier molecular flexibility index (Phi) is 3.45. The maximum absolute atomic E-state index is 11.1. The van der Waals surface area contributed by atoms with Gasteiger partial charge in [0.1, 0.15) is 0 Å². The largest absolute Gasteiger partial charge is 0.478 e. The Morgan fingerprint density at radius 2 is 1.93 bits per heavy atom. The molecular weight excluding hydrogens is 214 g/mol. The first-order valence-corrected chi connectivity index (χ1v) is 5.44. The molecule has 0 fully saturated rings. The molecule has 0 atom stereocenters. The van der Waals surface area contributed by atoms with Crippen LogP contribution in [0.3, 0.4) is 0 Å². The summed E-state index contributed by atoms with van der Waals surface area (Å²) in [6.45, 7) is 7.80. The highest BCUT2D eigenvalue weighted by Crippen LogP contribution is 2.27. The molecule has 1 heterocycles. The third-order valence-corrected chi connectivity index (χ3v) is 2.95. The molecule has 4 heteroatoms. The molecule has 3 nitrogen and oxygen atoms in total. The molecule has 0 amide bonds. The van der Waals surface area contributed by atoms with Crippen molar-refractivity contribution in [3.05, 3.63) is 22.5 Å². The Morgan fingerprint density at radius 3 is 2.20 bits per heavy atom. The minimum absolute atomic E-state index is 0.244. The Hall–Kier alpha value is -0.960. The zero-order valence-electron chi connectivity index (χ0n) is 9.47. The van der Waals surface area contributed by atoms with E-state index in [2.05, 4.69) is 0 Å². The van der Waals surface area contributed by atoms with Crippen molar-refractivity contribution in [1.82, 2.24) is 4.57 Å². The van der Waals surface area contributed by atoms with Crippen molar-refractivity contribution in [1.29, 1.82) is 0 Å². The number of halogens is 1. The highest BCUT2D eigenvalue weighted by atomic mass is 35.5. The van der Waals surface area contributed by atoms with Gasteiger partial charge in [0.2, 0.25) is 0 Å². The fourth-order valence-corrected chi connectivity index (χ4v) is 2.47. The minimum Gasteiger partial charge on any atom is -0.478 e. The van der Waals surface area contributed by atoms with E-state index in [9.17, 15) is 4.79 Å². The van der Waals surface area contributed by atoms with Crippen molar-refractivity contribution in [2.75, 3.05) is 0 Å². The van der Waals surface area contributed by atoms with Crippen LogP contribution in [0.2, 0.25) is 0 Å². The summed E-state index contributed by atoms with van der Waals surface area (Å²) in [5.74, 6) is -0.653. The van der Waals surface area contributed by atoms with Crippen LogP contribution >= 0.6 is 11.6 Å². The van der Waals surface area contributed by atoms with Gasteiger partial charge in [0.25, 0.3) is 0 Å². The van der Waals surface area contributed by atoms with Crippen LogP contribution in [0.4, 0.5) is 0 Å². The third-order valence-electron chi connectivity index (χ3n) is 2.69. The molecular formula is C11H16ClNO2. The van der Waals surface area contributed by atoms with Crippen LogP contribution in [0.5, 0.6) is 0 Å². The second kappa shape index (κ2) is 4.27. The number of aromatic nitrogens is 1. The van der Waals surface area contributed by atoms with E-state index < -0.39 is 5.97 Å². The van der Waals surface area contributed by atoms with Crippen LogP contribution in [0.1, 0.15) is 47.2 Å². The monoisotopic (exact) mass is 229 g/mol. The summed E-state index contributed by atoms with van der Waals surface area (Å²) < 4.78 is 2.02. The number of aromatic carboxylic acids is 1. The molecule has 0 saturated carbocycles. The van der Waals surface area contributed by atoms with Crippen LogP contribution in [-0.4, -0.2) is 15.6 Å². The Bertz CT molecular complexity index is 394. The molecule has 15 heavy (non-hydrogen) atoms. The molecule has 0 unspecified atom stereocenters. The van der Waals surface area contributed by atoms with Crippen molar-refractivity contribution >= 4 is 17.6 Å². The molecule has 0 aliphatic rings. The average Bonchev–Trinajstić information content (AvgIpc) is 2.36. The van der Waals surface area contributed by atoms with Crippen molar-refractivity contribution in [2.24, 2.45) is 0 Å². The van der Waals surface area contributed by atoms with Gasteiger partial charge in [-0.2, -0.15) is 0 Å². The van der Waals surface area contributed by atoms with E-state index in [4.69, 9.17) is 16.7 Å². The SMILES string of the molecule is Cc1c(CCl)c(C(=O)O)c(C)n1C(C)C. The normalized spacial score (nSPS) is 11.1. The summed E-state index contributed by atoms with van der Waals surface area (Å²) in [5, 5.41) is 9.13. The maximum Gasteiger partial charge on any atom is 0.337 e. The first-order chi connectivity index (χ1) is 6.91. The van der Waals surface area contributed by atoms with Crippen LogP contribution in [0.25, 0.3) is 0 Å². The number of carboxylic acid groups (broad SMARTS) is 1. The molecule has 0 radical (unpaired) electrons. The third kappa shape index (κ3) is 1.88. The lowest BCUT2D eigenvalue weighted by Crippen LogP contribution is -2.06. The first kappa shape index (κ1) is 12.1. The zero-order chi connectivity index (χ0) is 11.7. The molecule has 0 bridgehead atoms. The molecule has 0 aromatic carbocycles. The van der Waals surface area contributed by atoms with Crippen LogP contribution in [0.15, 0.2) is 0 Å². The molecule has 84 valence electrons. The highest BCUT2D eigenvalue weighted by Gasteiger charge is 2.22. The van der Waals surface area contributed by atoms with Crippen molar-refractivity contribution in [3.8, 4) is 0 Å². The van der Waals surface area contributed by atoms with Gasteiger partial charge < -0.3 is 9.67 Å². The number of hydrogen-bond donors (Lipinski definition) is 1. The van der Waals surface area contributed by atoms with Crippen LogP contribution < -0.4 is 0 Å². The summed E-state index contributed by atoms with van der Waals surface area (Å²) in [4.78, 5) is 11.1. The molecule has 1 aromatic rings. The average molecular weight is 230 g/mol. The van der Waals surface area contributed by atoms with E-state index in [0.717, 1.165) is 17.0 Å². The zero-order valence-corrected chi connectivity index (χ0v) is 10.2. The molecule has 1 N–H and O–H groups in total. The van der Waals surface area contributed by atoms with E-state index in [1.165, 1.54) is 0 Å². The second-order valence-electron chi connectivity index (χ2n) is 3.93. The Morgan fingerprint density at radius 1 is 1.40 bits per heavy atom. The second-order valence-corrected chi connectivity index (χ2v) is 4.19. The van der Waals surface area contributed by atoms with Crippen LogP contribution in [0, 0.1) is 13.8 Å². The molecule has 0 saturated heterocycles. The van der Waals surface area contributed by atoms with Gasteiger partial charge >= 0.3 is 5.97 Å². The van der Waals surface area contributed by atoms with Gasteiger partial charge in [-0.25, -0.2) is 4.79 Å². The Labute approximate surface area is 94.7 Å². The van der Waals surface area contributed by atoms with Gasteiger partial charge in [-0.05, 0) is 27.7 Å². The van der Waals surface area contributed by atoms with Gasteiger partial charge in [-0.15, -0.1) is 11.6 Å². The molecule has 1 rings (SSSR count). The summed E-state index contributed by atoms with van der Waals surface area (Å²) in [6.07, 6.45) is 0. The molecule has 1 aromatic heterocycles. The van der Waals surface area contributed by atoms with E-state index in [1.807, 2.05) is 32.3 Å². The number of alkyl halides is 1. The fraction of sp³-hybridized carbons (Fsp3) is 0.545. The predicted molar refractivity (Wildman–Crippen MR) is 60.8 cm³/mol. The summed E-state index contributed by atoms with van der Waals surface area (Å²) in [6, 6.07) is 0.250. The lowest BCUT2D eigenvalue weighted by molar-refractivity contribution is 0.0695. The van der Waals surface area contributed by atoms with Crippen molar-refractivity contribution < 1.29 is 9.90 Å². The number of carbonyl (C=O) groups is 1. The summed E-state index contributed by atoms with van der Waals surface area (Å²) in [5.41, 5.74) is 2.83. The topological polar surface area (TPSA) is 42.2 Å². The number of hydrogen-bond acceptors (Lipinski definition) is 1. The quantitative estimate of drug-likeness (QED) is 0.810. The number of carboxylic acids is 1. The van der Waals surface area contributed by atoms with E-state index >= 15 is 0 Å². The Balaban J connectivity index is 3.52. The van der Waals surface area contributed by atoms with Gasteiger partial charge in [0, 0.05) is 23.0 Å². The van der Waals surface area contributed by atoms with Crippen LogP contribution in [-0.2, 0) is 5.88 Å². The van der Waals surface area contributed by atoms with Crippen molar-refractivity contribution in [2.45, 2.75) is 39.6 Å². The van der Waals surface area contributed by atoms with Gasteiger partial charge in [0.15, 0.2) is 0 Å². The molecule has 0 aliphatic heterocycles. The van der Waals surface area contributed by atoms with Gasteiger partial charge in [-0.1, -0.05) is 0 Å². The van der Waals surface area contributed by atoms with Crippen molar-refractivity contribution in [3.63, 3.8) is 0 Å². The lowest BCUT2D eigenvalue weighted by atomic mass is 10.1. The fourth-order valence-electron chi connectivity index (χ4n) is 2.14. The molecule has 0 spiro atoms. The molecule has 0 aliphatic carbocycles. The lowest BCUT2D eigenvalue weighted by Gasteiger charge is -2.13. The van der Waals surface area contributed by atoms with Gasteiger partial charge in [-0.3, -0.25) is 0 Å². The number of nitrogens with zero attached hydrogens (tertiary/aromatic N) is 1. The van der Waals surface area contributed by atoms with E-state index in [-0.39, 0.29) is 11.9 Å². The first-order valence-electron chi connectivity index (χ1n) is 4.91. The number of rotatable bonds is 3. The van der Waals surface area contributed by atoms with Gasteiger partial charge in [0.05, 0.1) is 11.4 Å². The summed E-state index contributed by atoms with van der Waals surface area (Å²) >= 11 is 5.79. The standard InChI is InChI=1S/C11H16ClNO2/c1-6(2)13-7(3)9(5-12)10(8(13)4)11(14)15/h6H,5H2,1-4H3,(H,14,15). The van der Waals surface area contributed by atoms with E-state index in [1.54, 1.807) is 0 Å².